The van der Waals surface area contributed by atoms with Gasteiger partial charge in [0, 0.05) is 12.6 Å². The van der Waals surface area contributed by atoms with Crippen molar-refractivity contribution >= 4 is 11.9 Å². The molecule has 1 aliphatic heterocycles. The number of rotatable bonds is 3. The predicted octanol–water partition coefficient (Wildman–Crippen LogP) is 1.51. The van der Waals surface area contributed by atoms with E-state index in [0.717, 1.165) is 12.8 Å². The molecule has 1 saturated heterocycles. The van der Waals surface area contributed by atoms with Crippen LogP contribution < -0.4 is 4.74 Å². The van der Waals surface area contributed by atoms with E-state index in [9.17, 15) is 14.9 Å². The second-order valence-corrected chi connectivity index (χ2v) is 4.22. The van der Waals surface area contributed by atoms with Crippen molar-refractivity contribution < 1.29 is 19.6 Å². The van der Waals surface area contributed by atoms with Gasteiger partial charge < -0.3 is 24.9 Å². The number of likely N-dealkylation sites (tertiary alicyclic amines) is 1. The van der Waals surface area contributed by atoms with Crippen LogP contribution in [0.3, 0.4) is 0 Å². The van der Waals surface area contributed by atoms with E-state index < -0.39 is 11.0 Å². The number of hydrogen-bond donors (Lipinski definition) is 1. The maximum atomic E-state index is 10.9. The molecule has 1 aromatic heterocycles. The van der Waals surface area contributed by atoms with Gasteiger partial charge in [-0.05, 0) is 28.8 Å². The van der Waals surface area contributed by atoms with Gasteiger partial charge >= 0.3 is 11.9 Å². The van der Waals surface area contributed by atoms with Crippen molar-refractivity contribution in [2.24, 2.45) is 0 Å². The number of carboxylic acid groups (broad SMARTS) is 1. The molecular formula is C11H13N3O5. The first kappa shape index (κ1) is 13.1. The highest BCUT2D eigenvalue weighted by Crippen LogP contribution is 2.19. The summed E-state index contributed by atoms with van der Waals surface area (Å²) in [6.07, 6.45) is 1.55. The molecule has 102 valence electrons. The minimum absolute atomic E-state index is 0.242. The summed E-state index contributed by atoms with van der Waals surface area (Å²) >= 11 is 0. The summed E-state index contributed by atoms with van der Waals surface area (Å²) < 4.78 is 5.58. The second kappa shape index (κ2) is 5.51. The van der Waals surface area contributed by atoms with Gasteiger partial charge in [0.05, 0.1) is 6.54 Å². The van der Waals surface area contributed by atoms with E-state index in [1.807, 2.05) is 0 Å². The largest absolute Gasteiger partial charge is 0.485 e. The van der Waals surface area contributed by atoms with E-state index in [1.165, 1.54) is 23.2 Å². The third-order valence-electron chi connectivity index (χ3n) is 2.86. The molecule has 1 N–H and O–H groups in total. The van der Waals surface area contributed by atoms with Crippen LogP contribution in [0.2, 0.25) is 0 Å². The van der Waals surface area contributed by atoms with Gasteiger partial charge in [-0.2, -0.15) is 0 Å². The number of nitro groups is 1. The fraction of sp³-hybridized carbons (Fsp3) is 0.455. The molecule has 8 nitrogen and oxygen atoms in total. The summed E-state index contributed by atoms with van der Waals surface area (Å²) in [4.78, 5) is 25.7. The van der Waals surface area contributed by atoms with Crippen LogP contribution in [-0.2, 0) is 0 Å². The highest BCUT2D eigenvalue weighted by Gasteiger charge is 2.24. The number of nitrogens with zero attached hydrogens (tertiary/aromatic N) is 3. The first-order valence-electron chi connectivity index (χ1n) is 5.81. The number of piperidine rings is 1. The van der Waals surface area contributed by atoms with E-state index >= 15 is 0 Å². The van der Waals surface area contributed by atoms with Gasteiger partial charge in [0.15, 0.2) is 11.9 Å². The molecule has 0 aliphatic carbocycles. The molecule has 0 spiro atoms. The average molecular weight is 267 g/mol. The van der Waals surface area contributed by atoms with Gasteiger partial charge in [-0.1, -0.05) is 0 Å². The summed E-state index contributed by atoms with van der Waals surface area (Å²) in [5.74, 6) is 0.158. The van der Waals surface area contributed by atoms with Gasteiger partial charge in [0.25, 0.3) is 0 Å². The van der Waals surface area contributed by atoms with Crippen LogP contribution in [0.25, 0.3) is 0 Å². The Labute approximate surface area is 108 Å². The van der Waals surface area contributed by atoms with Crippen molar-refractivity contribution in [2.75, 3.05) is 13.1 Å². The number of hydrogen-bond acceptors (Lipinski definition) is 5. The predicted molar refractivity (Wildman–Crippen MR) is 64.1 cm³/mol. The molecule has 1 aromatic rings. The fourth-order valence-electron chi connectivity index (χ4n) is 1.95. The van der Waals surface area contributed by atoms with Crippen LogP contribution in [-0.4, -0.2) is 45.2 Å². The summed E-state index contributed by atoms with van der Waals surface area (Å²) in [6.45, 7) is 0.806. The molecule has 8 heteroatoms. The summed E-state index contributed by atoms with van der Waals surface area (Å²) in [5.41, 5.74) is 0. The first-order chi connectivity index (χ1) is 9.06. The lowest BCUT2D eigenvalue weighted by Crippen LogP contribution is -2.43. The van der Waals surface area contributed by atoms with Crippen molar-refractivity contribution in [3.05, 3.63) is 28.4 Å². The van der Waals surface area contributed by atoms with E-state index in [0.29, 0.717) is 18.8 Å². The molecule has 0 bridgehead atoms. The Hall–Kier alpha value is -2.38. The molecule has 0 aromatic carbocycles. The molecule has 19 heavy (non-hydrogen) atoms. The zero-order valence-corrected chi connectivity index (χ0v) is 10.1. The molecule has 2 rings (SSSR count). The molecule has 1 aliphatic rings. The zero-order valence-electron chi connectivity index (χ0n) is 10.1. The molecule has 0 saturated carbocycles. The smallest absolute Gasteiger partial charge is 0.407 e. The zero-order chi connectivity index (χ0) is 13.8. The number of carbonyl (C=O) groups is 1. The molecule has 0 unspecified atom stereocenters. The van der Waals surface area contributed by atoms with Crippen molar-refractivity contribution in [3.8, 4) is 5.75 Å². The third kappa shape index (κ3) is 3.30. The summed E-state index contributed by atoms with van der Waals surface area (Å²) in [6, 6.07) is 2.72. The van der Waals surface area contributed by atoms with Gasteiger partial charge in [0.1, 0.15) is 6.10 Å². The maximum Gasteiger partial charge on any atom is 0.407 e. The number of amides is 1. The van der Waals surface area contributed by atoms with E-state index in [4.69, 9.17) is 9.84 Å². The second-order valence-electron chi connectivity index (χ2n) is 4.22. The standard InChI is InChI=1S/C11H13N3O5/c15-11(16)13-5-1-2-9(7-13)19-8-3-4-10(12-6-8)14(17)18/h3-4,6,9H,1-2,5,7H2,(H,15,16)/t9-/m0/s1. The Morgan fingerprint density at radius 3 is 2.95 bits per heavy atom. The Balaban J connectivity index is 1.96. The Morgan fingerprint density at radius 2 is 2.37 bits per heavy atom. The lowest BCUT2D eigenvalue weighted by atomic mass is 10.1. The molecule has 1 fully saturated rings. The maximum absolute atomic E-state index is 10.9. The highest BCUT2D eigenvalue weighted by molar-refractivity contribution is 5.65. The Kier molecular flexibility index (Phi) is 3.79. The van der Waals surface area contributed by atoms with Gasteiger partial charge in [0.2, 0.25) is 0 Å². The van der Waals surface area contributed by atoms with Gasteiger partial charge in [-0.3, -0.25) is 0 Å². The molecule has 1 atom stereocenters. The van der Waals surface area contributed by atoms with E-state index in [2.05, 4.69) is 4.98 Å². The van der Waals surface area contributed by atoms with E-state index in [-0.39, 0.29) is 11.9 Å². The monoisotopic (exact) mass is 267 g/mol. The van der Waals surface area contributed by atoms with Gasteiger partial charge in [-0.15, -0.1) is 0 Å². The van der Waals surface area contributed by atoms with Crippen LogP contribution in [0.15, 0.2) is 18.3 Å². The van der Waals surface area contributed by atoms with Crippen molar-refractivity contribution in [2.45, 2.75) is 18.9 Å². The molecule has 0 radical (unpaired) electrons. The molecule has 2 heterocycles. The number of ether oxygens (including phenoxy) is 1. The normalized spacial score (nSPS) is 18.9. The number of pyridine rings is 1. The molecular weight excluding hydrogens is 254 g/mol. The van der Waals surface area contributed by atoms with Crippen LogP contribution in [0.4, 0.5) is 10.6 Å². The fourth-order valence-corrected chi connectivity index (χ4v) is 1.95. The van der Waals surface area contributed by atoms with Crippen LogP contribution in [0.1, 0.15) is 12.8 Å². The van der Waals surface area contributed by atoms with Crippen molar-refractivity contribution in [1.29, 1.82) is 0 Å². The first-order valence-corrected chi connectivity index (χ1v) is 5.81. The Morgan fingerprint density at radius 1 is 1.58 bits per heavy atom. The lowest BCUT2D eigenvalue weighted by molar-refractivity contribution is -0.389. The summed E-state index contributed by atoms with van der Waals surface area (Å²) in [7, 11) is 0. The minimum atomic E-state index is -0.963. The Bertz CT molecular complexity index is 476. The van der Waals surface area contributed by atoms with Gasteiger partial charge in [-0.25, -0.2) is 4.79 Å². The summed E-state index contributed by atoms with van der Waals surface area (Å²) in [5, 5.41) is 19.4. The van der Waals surface area contributed by atoms with Crippen LogP contribution in [0.5, 0.6) is 5.75 Å². The van der Waals surface area contributed by atoms with Crippen molar-refractivity contribution in [1.82, 2.24) is 9.88 Å². The number of aromatic nitrogens is 1. The third-order valence-corrected chi connectivity index (χ3v) is 2.86. The van der Waals surface area contributed by atoms with Crippen LogP contribution in [0, 0.1) is 10.1 Å². The average Bonchev–Trinajstić information content (AvgIpc) is 2.39. The highest BCUT2D eigenvalue weighted by atomic mass is 16.6. The van der Waals surface area contributed by atoms with Crippen LogP contribution >= 0.6 is 0 Å². The lowest BCUT2D eigenvalue weighted by Gasteiger charge is -2.30. The topological polar surface area (TPSA) is 106 Å². The SMILES string of the molecule is O=C(O)N1CCC[C@H](Oc2ccc([N+](=O)[O-])nc2)C1. The van der Waals surface area contributed by atoms with Crippen molar-refractivity contribution in [3.63, 3.8) is 0 Å². The van der Waals surface area contributed by atoms with E-state index in [1.54, 1.807) is 0 Å². The molecule has 1 amide bonds. The minimum Gasteiger partial charge on any atom is -0.485 e. The quantitative estimate of drug-likeness (QED) is 0.657.